The molecule has 3 aromatic rings. The molecule has 1 heterocycles. The molecule has 28 heavy (non-hydrogen) atoms. The van der Waals surface area contributed by atoms with Crippen molar-refractivity contribution in [1.29, 1.82) is 0 Å². The van der Waals surface area contributed by atoms with Gasteiger partial charge in [0.15, 0.2) is 0 Å². The quantitative estimate of drug-likeness (QED) is 0.702. The lowest BCUT2D eigenvalue weighted by Crippen LogP contribution is -2.25. The number of carbonyl (C=O) groups is 1. The van der Waals surface area contributed by atoms with E-state index in [0.29, 0.717) is 22.9 Å². The van der Waals surface area contributed by atoms with Crippen molar-refractivity contribution in [3.8, 4) is 11.5 Å². The summed E-state index contributed by atoms with van der Waals surface area (Å²) < 4.78 is 30.9. The Morgan fingerprint density at radius 1 is 0.821 bits per heavy atom. The van der Waals surface area contributed by atoms with Crippen LogP contribution in [0.5, 0.6) is 11.5 Å². The lowest BCUT2D eigenvalue weighted by atomic mass is 9.87. The Balaban J connectivity index is 1.62. The Labute approximate surface area is 163 Å². The minimum Gasteiger partial charge on any atom is -0.457 e. The number of nitrogens with one attached hydrogen (secondary N) is 2. The number of amides is 1. The van der Waals surface area contributed by atoms with E-state index < -0.39 is 15.9 Å². The first kappa shape index (κ1) is 18.1. The molecule has 3 aromatic carbocycles. The zero-order chi connectivity index (χ0) is 19.7. The van der Waals surface area contributed by atoms with Crippen LogP contribution in [0.1, 0.15) is 17.0 Å². The van der Waals surface area contributed by atoms with Crippen LogP contribution < -0.4 is 14.8 Å². The van der Waals surface area contributed by atoms with Gasteiger partial charge in [-0.3, -0.25) is 9.52 Å². The average molecular weight is 394 g/mol. The lowest BCUT2D eigenvalue weighted by Gasteiger charge is -2.27. The van der Waals surface area contributed by atoms with Crippen molar-refractivity contribution in [2.75, 3.05) is 16.3 Å². The molecule has 2 N–H and O–H groups in total. The second-order valence-corrected chi connectivity index (χ2v) is 8.30. The van der Waals surface area contributed by atoms with Crippen LogP contribution in [0.25, 0.3) is 0 Å². The van der Waals surface area contributed by atoms with Crippen molar-refractivity contribution in [1.82, 2.24) is 0 Å². The summed E-state index contributed by atoms with van der Waals surface area (Å²) in [6, 6.07) is 21.5. The summed E-state index contributed by atoms with van der Waals surface area (Å²) in [7, 11) is -3.35. The standard InChI is InChI=1S/C21H18N2O4S/c1-28(25,26)23-15-12-10-14(11-13-15)22-21(24)20-16-6-2-4-8-18(16)27-19-9-5-3-7-17(19)20/h2-13,20,23H,1H3,(H,22,24). The largest absolute Gasteiger partial charge is 0.457 e. The predicted molar refractivity (Wildman–Crippen MR) is 108 cm³/mol. The summed E-state index contributed by atoms with van der Waals surface area (Å²) in [6.07, 6.45) is 1.09. The molecular weight excluding hydrogens is 376 g/mol. The minimum atomic E-state index is -3.35. The normalized spacial score (nSPS) is 13.0. The van der Waals surface area contributed by atoms with E-state index in [1.165, 1.54) is 0 Å². The van der Waals surface area contributed by atoms with Gasteiger partial charge in [-0.05, 0) is 36.4 Å². The zero-order valence-corrected chi connectivity index (χ0v) is 15.9. The Morgan fingerprint density at radius 3 is 1.86 bits per heavy atom. The van der Waals surface area contributed by atoms with Crippen molar-refractivity contribution >= 4 is 27.3 Å². The summed E-state index contributed by atoms with van der Waals surface area (Å²) in [4.78, 5) is 13.1. The Hall–Kier alpha value is -3.32. The predicted octanol–water partition coefficient (Wildman–Crippen LogP) is 3.93. The summed E-state index contributed by atoms with van der Waals surface area (Å²) >= 11 is 0. The molecule has 1 amide bonds. The van der Waals surface area contributed by atoms with E-state index in [0.717, 1.165) is 17.4 Å². The van der Waals surface area contributed by atoms with Gasteiger partial charge in [-0.25, -0.2) is 8.42 Å². The van der Waals surface area contributed by atoms with Crippen molar-refractivity contribution in [2.24, 2.45) is 0 Å². The molecule has 0 fully saturated rings. The van der Waals surface area contributed by atoms with E-state index in [4.69, 9.17) is 4.74 Å². The van der Waals surface area contributed by atoms with Gasteiger partial charge in [0.25, 0.3) is 0 Å². The second-order valence-electron chi connectivity index (χ2n) is 6.55. The molecule has 0 atom stereocenters. The fourth-order valence-corrected chi connectivity index (χ4v) is 3.81. The van der Waals surface area contributed by atoms with Gasteiger partial charge in [-0.1, -0.05) is 36.4 Å². The van der Waals surface area contributed by atoms with E-state index in [2.05, 4.69) is 10.0 Å². The van der Waals surface area contributed by atoms with Gasteiger partial charge in [-0.15, -0.1) is 0 Å². The monoisotopic (exact) mass is 394 g/mol. The van der Waals surface area contributed by atoms with Crippen molar-refractivity contribution < 1.29 is 17.9 Å². The van der Waals surface area contributed by atoms with E-state index in [1.54, 1.807) is 24.3 Å². The fraction of sp³-hybridized carbons (Fsp3) is 0.0952. The van der Waals surface area contributed by atoms with Gasteiger partial charge in [-0.2, -0.15) is 0 Å². The van der Waals surface area contributed by atoms with E-state index in [9.17, 15) is 13.2 Å². The minimum absolute atomic E-state index is 0.188. The first-order chi connectivity index (χ1) is 13.4. The Kier molecular flexibility index (Phi) is 4.52. The summed E-state index contributed by atoms with van der Waals surface area (Å²) in [5.41, 5.74) is 2.61. The van der Waals surface area contributed by atoms with E-state index in [-0.39, 0.29) is 5.91 Å². The highest BCUT2D eigenvalue weighted by molar-refractivity contribution is 7.92. The van der Waals surface area contributed by atoms with Crippen LogP contribution in [-0.2, 0) is 14.8 Å². The molecule has 6 nitrogen and oxygen atoms in total. The summed E-state index contributed by atoms with van der Waals surface area (Å²) in [5, 5.41) is 2.91. The zero-order valence-electron chi connectivity index (χ0n) is 15.0. The Bertz CT molecular complexity index is 1100. The van der Waals surface area contributed by atoms with Crippen LogP contribution in [-0.4, -0.2) is 20.6 Å². The topological polar surface area (TPSA) is 84.5 Å². The molecule has 0 saturated heterocycles. The van der Waals surface area contributed by atoms with Gasteiger partial charge in [0.05, 0.1) is 12.2 Å². The number of rotatable bonds is 4. The maximum absolute atomic E-state index is 13.1. The van der Waals surface area contributed by atoms with Gasteiger partial charge in [0, 0.05) is 22.5 Å². The molecule has 1 aliphatic heterocycles. The molecule has 0 spiro atoms. The van der Waals surface area contributed by atoms with Crippen LogP contribution in [0.3, 0.4) is 0 Å². The third-order valence-electron chi connectivity index (χ3n) is 4.40. The first-order valence-electron chi connectivity index (χ1n) is 8.65. The molecule has 0 bridgehead atoms. The molecule has 7 heteroatoms. The number of anilines is 2. The van der Waals surface area contributed by atoms with Crippen LogP contribution in [0, 0.1) is 0 Å². The van der Waals surface area contributed by atoms with Gasteiger partial charge in [0.2, 0.25) is 15.9 Å². The Morgan fingerprint density at radius 2 is 1.32 bits per heavy atom. The SMILES string of the molecule is CS(=O)(=O)Nc1ccc(NC(=O)C2c3ccccc3Oc3ccccc32)cc1. The maximum atomic E-state index is 13.1. The molecule has 0 aliphatic carbocycles. The maximum Gasteiger partial charge on any atom is 0.236 e. The highest BCUT2D eigenvalue weighted by Gasteiger charge is 2.32. The number of sulfonamides is 1. The van der Waals surface area contributed by atoms with Crippen LogP contribution in [0.15, 0.2) is 72.8 Å². The first-order valence-corrected chi connectivity index (χ1v) is 10.5. The smallest absolute Gasteiger partial charge is 0.236 e. The van der Waals surface area contributed by atoms with Crippen molar-refractivity contribution in [3.63, 3.8) is 0 Å². The fourth-order valence-electron chi connectivity index (χ4n) is 3.24. The van der Waals surface area contributed by atoms with E-state index >= 15 is 0 Å². The van der Waals surface area contributed by atoms with Gasteiger partial charge >= 0.3 is 0 Å². The third kappa shape index (κ3) is 3.70. The number of para-hydroxylation sites is 2. The van der Waals surface area contributed by atoms with E-state index in [1.807, 2.05) is 48.5 Å². The third-order valence-corrected chi connectivity index (χ3v) is 5.00. The number of benzene rings is 3. The van der Waals surface area contributed by atoms with Crippen molar-refractivity contribution in [3.05, 3.63) is 83.9 Å². The second kappa shape index (κ2) is 7.01. The number of hydrogen-bond donors (Lipinski definition) is 2. The molecule has 142 valence electrons. The molecule has 4 rings (SSSR count). The number of carbonyl (C=O) groups excluding carboxylic acids is 1. The molecule has 0 unspecified atom stereocenters. The summed E-state index contributed by atoms with van der Waals surface area (Å²) in [5.74, 6) is 0.630. The molecule has 0 aromatic heterocycles. The molecule has 0 saturated carbocycles. The van der Waals surface area contributed by atoms with Crippen molar-refractivity contribution in [2.45, 2.75) is 5.92 Å². The molecule has 1 aliphatic rings. The van der Waals surface area contributed by atoms with Crippen LogP contribution >= 0.6 is 0 Å². The van der Waals surface area contributed by atoms with Crippen LogP contribution in [0.2, 0.25) is 0 Å². The van der Waals surface area contributed by atoms with Gasteiger partial charge in [0.1, 0.15) is 11.5 Å². The lowest BCUT2D eigenvalue weighted by molar-refractivity contribution is -0.116. The van der Waals surface area contributed by atoms with Gasteiger partial charge < -0.3 is 10.1 Å². The number of hydrogen-bond acceptors (Lipinski definition) is 4. The number of fused-ring (bicyclic) bond motifs is 2. The highest BCUT2D eigenvalue weighted by Crippen LogP contribution is 2.44. The number of ether oxygens (including phenoxy) is 1. The molecule has 0 radical (unpaired) electrons. The summed E-state index contributed by atoms with van der Waals surface area (Å²) in [6.45, 7) is 0. The average Bonchev–Trinajstić information content (AvgIpc) is 2.66. The van der Waals surface area contributed by atoms with Crippen LogP contribution in [0.4, 0.5) is 11.4 Å². The highest BCUT2D eigenvalue weighted by atomic mass is 32.2. The molecular formula is C21H18N2O4S.